The third-order valence-electron chi connectivity index (χ3n) is 6.36. The Labute approximate surface area is 191 Å². The molecule has 4 heterocycles. The highest BCUT2D eigenvalue weighted by molar-refractivity contribution is 7.89. The van der Waals surface area contributed by atoms with Crippen LogP contribution < -0.4 is 10.9 Å². The Balaban J connectivity index is 1.43. The van der Waals surface area contributed by atoms with Gasteiger partial charge in [0.1, 0.15) is 0 Å². The molecule has 2 aliphatic rings. The lowest BCUT2D eigenvalue weighted by atomic mass is 9.84. The number of hydrogen-bond donors (Lipinski definition) is 1. The Morgan fingerprint density at radius 1 is 1.06 bits per heavy atom. The highest BCUT2D eigenvalue weighted by Crippen LogP contribution is 2.37. The predicted octanol–water partition coefficient (Wildman–Crippen LogP) is 2.68. The van der Waals surface area contributed by atoms with Crippen LogP contribution in [0.5, 0.6) is 0 Å². The van der Waals surface area contributed by atoms with Crippen LogP contribution in [0.15, 0.2) is 70.6 Å². The maximum atomic E-state index is 13.3. The van der Waals surface area contributed by atoms with Crippen molar-refractivity contribution >= 4 is 21.6 Å². The summed E-state index contributed by atoms with van der Waals surface area (Å²) >= 11 is 0. The molecule has 1 amide bonds. The molecule has 2 bridgehead atoms. The van der Waals surface area contributed by atoms with E-state index >= 15 is 0 Å². The van der Waals surface area contributed by atoms with E-state index in [1.807, 2.05) is 22.8 Å². The molecule has 1 N–H and O–H groups in total. The number of benzene rings is 1. The third kappa shape index (κ3) is 3.98. The monoisotopic (exact) mass is 464 g/mol. The van der Waals surface area contributed by atoms with Crippen molar-refractivity contribution in [1.29, 1.82) is 0 Å². The van der Waals surface area contributed by atoms with Crippen molar-refractivity contribution < 1.29 is 13.2 Å². The number of sulfonamides is 1. The summed E-state index contributed by atoms with van der Waals surface area (Å²) in [6.07, 6.45) is 4.21. The predicted molar refractivity (Wildman–Crippen MR) is 124 cm³/mol. The van der Waals surface area contributed by atoms with E-state index in [4.69, 9.17) is 0 Å². The molecule has 1 saturated heterocycles. The Morgan fingerprint density at radius 3 is 2.55 bits per heavy atom. The number of anilines is 1. The molecule has 2 aromatic heterocycles. The highest BCUT2D eigenvalue weighted by atomic mass is 32.2. The summed E-state index contributed by atoms with van der Waals surface area (Å²) in [6, 6.07) is 13.7. The van der Waals surface area contributed by atoms with E-state index in [1.165, 1.54) is 23.4 Å². The number of nitrogens with zero attached hydrogens (tertiary/aromatic N) is 3. The molecular weight excluding hydrogens is 440 g/mol. The molecule has 8 nitrogen and oxygen atoms in total. The van der Waals surface area contributed by atoms with E-state index in [0.29, 0.717) is 30.9 Å². The number of carbonyl (C=O) groups is 1. The van der Waals surface area contributed by atoms with Crippen LogP contribution in [0.1, 0.15) is 25.0 Å². The van der Waals surface area contributed by atoms with E-state index in [1.54, 1.807) is 30.6 Å². The van der Waals surface area contributed by atoms with Crippen LogP contribution in [0.3, 0.4) is 0 Å². The summed E-state index contributed by atoms with van der Waals surface area (Å²) in [6.45, 7) is 2.60. The minimum atomic E-state index is -3.69. The Bertz CT molecular complexity index is 1370. The molecule has 1 aromatic carbocycles. The standard InChI is InChI=1S/C24H24N4O4S/c1-16(29)26-20-4-6-21(7-5-20)33(31,32)27-13-17-11-19(15-27)23-9-8-22(24(30)28(23)14-17)18-3-2-10-25-12-18/h2-10,12,17,19H,11,13-15H2,1H3,(H,26,29)/t17-,19-/m1/s1. The van der Waals surface area contributed by atoms with Gasteiger partial charge in [0, 0.05) is 67.4 Å². The number of aromatic nitrogens is 2. The summed E-state index contributed by atoms with van der Waals surface area (Å²) < 4.78 is 30.0. The summed E-state index contributed by atoms with van der Waals surface area (Å²) in [7, 11) is -3.69. The first-order chi connectivity index (χ1) is 15.8. The van der Waals surface area contributed by atoms with Gasteiger partial charge < -0.3 is 9.88 Å². The highest BCUT2D eigenvalue weighted by Gasteiger charge is 2.39. The quantitative estimate of drug-likeness (QED) is 0.640. The lowest BCUT2D eigenvalue weighted by molar-refractivity contribution is -0.114. The average molecular weight is 465 g/mol. The topological polar surface area (TPSA) is 101 Å². The third-order valence-corrected chi connectivity index (χ3v) is 8.20. The zero-order chi connectivity index (χ0) is 23.2. The summed E-state index contributed by atoms with van der Waals surface area (Å²) in [5.41, 5.74) is 2.76. The largest absolute Gasteiger partial charge is 0.326 e. The summed E-state index contributed by atoms with van der Waals surface area (Å²) in [5, 5.41) is 2.64. The fraction of sp³-hybridized carbons (Fsp3) is 0.292. The van der Waals surface area contributed by atoms with Gasteiger partial charge in [-0.15, -0.1) is 0 Å². The molecule has 2 aliphatic heterocycles. The number of pyridine rings is 2. The molecule has 9 heteroatoms. The normalized spacial score (nSPS) is 20.2. The molecule has 0 unspecified atom stereocenters. The smallest absolute Gasteiger partial charge is 0.258 e. The SMILES string of the molecule is CC(=O)Nc1ccc(S(=O)(=O)N2C[C@H]3C[C@H](C2)c2ccc(-c4cccnc4)c(=O)n2C3)cc1. The van der Waals surface area contributed by atoms with Crippen LogP contribution in [0.2, 0.25) is 0 Å². The van der Waals surface area contributed by atoms with E-state index < -0.39 is 10.0 Å². The van der Waals surface area contributed by atoms with Crippen molar-refractivity contribution in [3.8, 4) is 11.1 Å². The summed E-state index contributed by atoms with van der Waals surface area (Å²) in [4.78, 5) is 28.8. The molecule has 0 aliphatic carbocycles. The van der Waals surface area contributed by atoms with Gasteiger partial charge in [0.2, 0.25) is 15.9 Å². The van der Waals surface area contributed by atoms with Crippen molar-refractivity contribution in [2.75, 3.05) is 18.4 Å². The second kappa shape index (κ2) is 8.24. The van der Waals surface area contributed by atoms with E-state index in [-0.39, 0.29) is 28.2 Å². The van der Waals surface area contributed by atoms with E-state index in [0.717, 1.165) is 17.7 Å². The molecule has 170 valence electrons. The Kier molecular flexibility index (Phi) is 5.38. The number of fused-ring (bicyclic) bond motifs is 4. The van der Waals surface area contributed by atoms with Crippen LogP contribution in [0.25, 0.3) is 11.1 Å². The number of hydrogen-bond acceptors (Lipinski definition) is 5. The lowest BCUT2D eigenvalue weighted by Gasteiger charge is -2.42. The fourth-order valence-electron chi connectivity index (χ4n) is 4.90. The summed E-state index contributed by atoms with van der Waals surface area (Å²) in [5.74, 6) is -0.192. The van der Waals surface area contributed by atoms with Gasteiger partial charge in [-0.05, 0) is 54.8 Å². The van der Waals surface area contributed by atoms with Gasteiger partial charge >= 0.3 is 0 Å². The van der Waals surface area contributed by atoms with Crippen molar-refractivity contribution in [3.05, 3.63) is 77.0 Å². The van der Waals surface area contributed by atoms with Crippen molar-refractivity contribution in [3.63, 3.8) is 0 Å². The minimum absolute atomic E-state index is 0.0402. The van der Waals surface area contributed by atoms with Gasteiger partial charge in [0.05, 0.1) is 4.90 Å². The minimum Gasteiger partial charge on any atom is -0.326 e. The van der Waals surface area contributed by atoms with Crippen molar-refractivity contribution in [2.45, 2.75) is 30.7 Å². The molecule has 2 atom stereocenters. The van der Waals surface area contributed by atoms with Crippen LogP contribution in [0.4, 0.5) is 5.69 Å². The van der Waals surface area contributed by atoms with E-state index in [2.05, 4.69) is 10.3 Å². The molecule has 33 heavy (non-hydrogen) atoms. The van der Waals surface area contributed by atoms with Crippen LogP contribution in [0, 0.1) is 5.92 Å². The average Bonchev–Trinajstić information content (AvgIpc) is 2.80. The number of piperidine rings is 1. The zero-order valence-electron chi connectivity index (χ0n) is 18.1. The molecule has 1 fully saturated rings. The van der Waals surface area contributed by atoms with Crippen molar-refractivity contribution in [2.24, 2.45) is 5.92 Å². The van der Waals surface area contributed by atoms with Crippen LogP contribution >= 0.6 is 0 Å². The first-order valence-corrected chi connectivity index (χ1v) is 12.3. The Morgan fingerprint density at radius 2 is 1.85 bits per heavy atom. The van der Waals surface area contributed by atoms with Crippen LogP contribution in [-0.2, 0) is 21.4 Å². The fourth-order valence-corrected chi connectivity index (χ4v) is 6.46. The number of carbonyl (C=O) groups excluding carboxylic acids is 1. The van der Waals surface area contributed by atoms with Gasteiger partial charge in [-0.3, -0.25) is 14.6 Å². The molecular formula is C24H24N4O4S. The maximum absolute atomic E-state index is 13.3. The second-order valence-corrected chi connectivity index (χ2v) is 10.6. The van der Waals surface area contributed by atoms with Crippen LogP contribution in [-0.4, -0.2) is 41.3 Å². The van der Waals surface area contributed by atoms with Gasteiger partial charge in [0.25, 0.3) is 5.56 Å². The molecule has 0 spiro atoms. The number of nitrogens with one attached hydrogen (secondary N) is 1. The van der Waals surface area contributed by atoms with Gasteiger partial charge in [-0.25, -0.2) is 8.42 Å². The van der Waals surface area contributed by atoms with Crippen molar-refractivity contribution in [1.82, 2.24) is 13.9 Å². The second-order valence-electron chi connectivity index (χ2n) is 8.66. The maximum Gasteiger partial charge on any atom is 0.258 e. The number of amides is 1. The first kappa shape index (κ1) is 21.5. The van der Waals surface area contributed by atoms with Gasteiger partial charge in [-0.2, -0.15) is 4.31 Å². The number of rotatable bonds is 4. The first-order valence-electron chi connectivity index (χ1n) is 10.8. The van der Waals surface area contributed by atoms with E-state index in [9.17, 15) is 18.0 Å². The van der Waals surface area contributed by atoms with Gasteiger partial charge in [0.15, 0.2) is 0 Å². The lowest BCUT2D eigenvalue weighted by Crippen LogP contribution is -2.49. The molecule has 3 aromatic rings. The Hall–Kier alpha value is -3.30. The zero-order valence-corrected chi connectivity index (χ0v) is 19.0. The molecule has 0 saturated carbocycles. The molecule has 5 rings (SSSR count). The van der Waals surface area contributed by atoms with Gasteiger partial charge in [-0.1, -0.05) is 6.07 Å². The molecule has 0 radical (unpaired) electrons.